The van der Waals surface area contributed by atoms with Crippen LogP contribution in [-0.4, -0.2) is 69.1 Å². The Morgan fingerprint density at radius 3 is 0.814 bits per heavy atom. The van der Waals surface area contributed by atoms with Crippen molar-refractivity contribution in [3.05, 3.63) is 0 Å². The molecule has 0 rings (SSSR count). The maximum atomic E-state index is 12.7. The maximum Gasteiger partial charge on any atom is 2.00 e. The summed E-state index contributed by atoms with van der Waals surface area (Å²) in [6.45, 7) is 12.3. The molecule has 0 fully saturated rings. The van der Waals surface area contributed by atoms with Crippen molar-refractivity contribution >= 4 is 23.5 Å². The number of alkyl halides is 10. The molecule has 254 valence electrons. The molecule has 0 saturated heterocycles. The molecule has 19 heteroatoms. The van der Waals surface area contributed by atoms with Crippen LogP contribution in [0.2, 0.25) is 0 Å². The van der Waals surface area contributed by atoms with Crippen molar-refractivity contribution in [1.29, 1.82) is 0 Å². The summed E-state index contributed by atoms with van der Waals surface area (Å²) in [5.41, 5.74) is -1.00. The number of ketones is 2. The molecule has 0 bridgehead atoms. The van der Waals surface area contributed by atoms with Gasteiger partial charge in [-0.2, -0.15) is 43.9 Å². The van der Waals surface area contributed by atoms with Crippen LogP contribution in [0.3, 0.4) is 0 Å². The molecule has 0 aromatic heterocycles. The number of rotatable bonds is 10. The molecule has 8 nitrogen and oxygen atoms in total. The third-order valence-electron chi connectivity index (χ3n) is 3.86. The van der Waals surface area contributed by atoms with E-state index in [2.05, 4.69) is 0 Å². The van der Waals surface area contributed by atoms with Crippen molar-refractivity contribution in [3.8, 4) is 0 Å². The number of carbonyl (C=O) groups excluding carboxylic acids is 4. The fraction of sp³-hybridized carbons (Fsp3) is 0.833. The molecule has 0 saturated carbocycles. The topological polar surface area (TPSA) is 155 Å². The predicted octanol–water partition coefficient (Wildman–Crippen LogP) is 3.39. The van der Waals surface area contributed by atoms with E-state index in [-0.39, 0.29) is 26.2 Å². The fourth-order valence-corrected chi connectivity index (χ4v) is 2.30. The molecule has 0 aliphatic carbocycles. The monoisotopic (exact) mass is 732 g/mol. The molecule has 0 aromatic rings. The van der Waals surface area contributed by atoms with Crippen LogP contribution >= 0.6 is 0 Å². The standard InChI is InChI=1S/2C8H9F5O3.2C4H10O.Zr/c2*1-2-4(5(14)3-6(15)16)7(9,10)8(11,12)13;2*1-4(2,3)5;/h2*4H,2-3H2,1H3,(H,15,16);2*5H,1-3H3;/q;;;;+2/p-2. The number of halogens is 10. The summed E-state index contributed by atoms with van der Waals surface area (Å²) in [5, 5.41) is 36.9. The second-order valence-electron chi connectivity index (χ2n) is 10.5. The van der Waals surface area contributed by atoms with E-state index >= 15 is 0 Å². The largest absolute Gasteiger partial charge is 2.00 e. The SMILES string of the molecule is CC(C)(C)O.CC(C)(C)O.CCC(C(=O)CC(=O)[O-])C(F)(F)C(F)(F)F.CCC(C(=O)CC(=O)[O-])C(F)(F)C(F)(F)F.[Zr+2]. The first-order valence-electron chi connectivity index (χ1n) is 11.9. The van der Waals surface area contributed by atoms with Crippen molar-refractivity contribution in [1.82, 2.24) is 0 Å². The number of hydrogen-bond donors (Lipinski definition) is 2. The van der Waals surface area contributed by atoms with E-state index in [4.69, 9.17) is 10.2 Å². The number of aliphatic hydroxyl groups is 2. The van der Waals surface area contributed by atoms with E-state index in [0.717, 1.165) is 13.8 Å². The molecule has 0 aromatic carbocycles. The minimum Gasteiger partial charge on any atom is -0.550 e. The van der Waals surface area contributed by atoms with Crippen LogP contribution < -0.4 is 10.2 Å². The summed E-state index contributed by atoms with van der Waals surface area (Å²) < 4.78 is 122. The van der Waals surface area contributed by atoms with E-state index in [9.17, 15) is 73.3 Å². The van der Waals surface area contributed by atoms with Crippen LogP contribution in [0, 0.1) is 11.8 Å². The third-order valence-corrected chi connectivity index (χ3v) is 3.86. The molecule has 0 aliphatic rings. The molecule has 0 amide bonds. The molecular weight excluding hydrogens is 697 g/mol. The van der Waals surface area contributed by atoms with Gasteiger partial charge >= 0.3 is 50.4 Å². The van der Waals surface area contributed by atoms with E-state index in [1.807, 2.05) is 0 Å². The van der Waals surface area contributed by atoms with Gasteiger partial charge in [-0.05, 0) is 54.4 Å². The van der Waals surface area contributed by atoms with E-state index < -0.39 is 96.4 Å². The van der Waals surface area contributed by atoms with Gasteiger partial charge in [0.25, 0.3) is 0 Å². The molecular formula is C24H36F10O8Zr. The first kappa shape index (κ1) is 51.0. The van der Waals surface area contributed by atoms with Gasteiger partial charge in [0.05, 0.1) is 23.0 Å². The second kappa shape index (κ2) is 19.7. The molecule has 0 heterocycles. The molecule has 0 aliphatic heterocycles. The number of carboxylic acid groups (broad SMARTS) is 2. The summed E-state index contributed by atoms with van der Waals surface area (Å²) in [7, 11) is 0. The third kappa shape index (κ3) is 25.4. The molecule has 0 radical (unpaired) electrons. The zero-order valence-corrected chi connectivity index (χ0v) is 27.1. The van der Waals surface area contributed by atoms with Gasteiger partial charge in [-0.25, -0.2) is 0 Å². The normalized spacial score (nSPS) is 13.7. The average molecular weight is 734 g/mol. The Bertz CT molecular complexity index is 780. The average Bonchev–Trinajstić information content (AvgIpc) is 2.63. The minimum absolute atomic E-state index is 0. The summed E-state index contributed by atoms with van der Waals surface area (Å²) in [4.78, 5) is 41.7. The minimum atomic E-state index is -5.88. The predicted molar refractivity (Wildman–Crippen MR) is 123 cm³/mol. The van der Waals surface area contributed by atoms with Gasteiger partial charge in [0.2, 0.25) is 0 Å². The zero-order chi connectivity index (χ0) is 35.3. The van der Waals surface area contributed by atoms with Gasteiger partial charge in [0, 0.05) is 24.8 Å². The van der Waals surface area contributed by atoms with Crippen molar-refractivity contribution in [2.75, 3.05) is 0 Å². The van der Waals surface area contributed by atoms with Gasteiger partial charge in [0.1, 0.15) is 11.6 Å². The molecule has 0 spiro atoms. The van der Waals surface area contributed by atoms with Crippen molar-refractivity contribution in [2.45, 2.75) is 116 Å². The first-order chi connectivity index (χ1) is 18.1. The van der Waals surface area contributed by atoms with Gasteiger partial charge in [-0.15, -0.1) is 0 Å². The second-order valence-corrected chi connectivity index (χ2v) is 10.5. The maximum absolute atomic E-state index is 12.7. The van der Waals surface area contributed by atoms with Crippen molar-refractivity contribution in [3.63, 3.8) is 0 Å². The summed E-state index contributed by atoms with van der Waals surface area (Å²) in [6.07, 6.45) is -16.3. The van der Waals surface area contributed by atoms with E-state index in [0.29, 0.717) is 0 Å². The van der Waals surface area contributed by atoms with Gasteiger partial charge in [-0.3, -0.25) is 9.59 Å². The van der Waals surface area contributed by atoms with E-state index in [1.165, 1.54) is 0 Å². The first-order valence-corrected chi connectivity index (χ1v) is 11.9. The number of carbonyl (C=O) groups is 4. The molecule has 43 heavy (non-hydrogen) atoms. The Labute approximate surface area is 261 Å². The van der Waals surface area contributed by atoms with Gasteiger partial charge in [-0.1, -0.05) is 13.8 Å². The Balaban J connectivity index is -0.000000167. The Morgan fingerprint density at radius 1 is 0.558 bits per heavy atom. The number of carboxylic acids is 2. The van der Waals surface area contributed by atoms with Crippen LogP contribution in [0.5, 0.6) is 0 Å². The van der Waals surface area contributed by atoms with Crippen LogP contribution in [0.15, 0.2) is 0 Å². The molecule has 2 N–H and O–H groups in total. The van der Waals surface area contributed by atoms with Crippen LogP contribution in [0.25, 0.3) is 0 Å². The number of Topliss-reactive ketones (excluding diaryl/α,β-unsaturated/α-hetero) is 2. The van der Waals surface area contributed by atoms with Crippen LogP contribution in [0.4, 0.5) is 43.9 Å². The summed E-state index contributed by atoms with van der Waals surface area (Å²) in [6, 6.07) is 0. The quantitative estimate of drug-likeness (QED) is 0.256. The molecule has 2 unspecified atom stereocenters. The summed E-state index contributed by atoms with van der Waals surface area (Å²) >= 11 is 0. The number of aliphatic carboxylic acids is 2. The van der Waals surface area contributed by atoms with Crippen LogP contribution in [-0.2, 0) is 45.4 Å². The van der Waals surface area contributed by atoms with Gasteiger partial charge < -0.3 is 30.0 Å². The smallest absolute Gasteiger partial charge is 0.550 e. The molecule has 2 atom stereocenters. The number of hydrogen-bond acceptors (Lipinski definition) is 8. The Morgan fingerprint density at radius 2 is 0.721 bits per heavy atom. The van der Waals surface area contributed by atoms with Crippen LogP contribution in [0.1, 0.15) is 81.1 Å². The zero-order valence-electron chi connectivity index (χ0n) is 24.6. The van der Waals surface area contributed by atoms with Crippen molar-refractivity contribution in [2.24, 2.45) is 11.8 Å². The van der Waals surface area contributed by atoms with Gasteiger partial charge in [0.15, 0.2) is 0 Å². The van der Waals surface area contributed by atoms with Crippen molar-refractivity contribution < 1.29 is 110 Å². The van der Waals surface area contributed by atoms with E-state index in [1.54, 1.807) is 41.5 Å². The summed E-state index contributed by atoms with van der Waals surface area (Å²) in [5.74, 6) is -23.2. The Kier molecular flexibility index (Phi) is 23.4. The fourth-order valence-electron chi connectivity index (χ4n) is 2.30. The Hall–Kier alpha value is -1.62.